The molecule has 2 aromatic carbocycles. The molecule has 188 valence electrons. The first kappa shape index (κ1) is 27.0. The normalized spacial score (nSPS) is 15.1. The van der Waals surface area contributed by atoms with Gasteiger partial charge in [-0.3, -0.25) is 0 Å². The van der Waals surface area contributed by atoms with E-state index in [1.165, 1.54) is 4.90 Å². The van der Waals surface area contributed by atoms with Crippen LogP contribution in [0.15, 0.2) is 41.3 Å². The third kappa shape index (κ3) is 6.53. The predicted molar refractivity (Wildman–Crippen MR) is 142 cm³/mol. The summed E-state index contributed by atoms with van der Waals surface area (Å²) in [6.45, 7) is 9.53. The van der Waals surface area contributed by atoms with Crippen molar-refractivity contribution in [3.8, 4) is 17.2 Å². The number of nitriles is 1. The highest BCUT2D eigenvalue weighted by molar-refractivity contribution is 7.91. The van der Waals surface area contributed by atoms with Crippen molar-refractivity contribution in [1.82, 2.24) is 4.90 Å². The zero-order chi connectivity index (χ0) is 25.8. The van der Waals surface area contributed by atoms with Crippen LogP contribution in [0.1, 0.15) is 48.8 Å². The van der Waals surface area contributed by atoms with E-state index in [-0.39, 0.29) is 16.2 Å². The molecule has 6 nitrogen and oxygen atoms in total. The second kappa shape index (κ2) is 11.0. The quantitative estimate of drug-likeness (QED) is 0.428. The summed E-state index contributed by atoms with van der Waals surface area (Å²) in [5, 5.41) is 19.3. The molecule has 1 aliphatic rings. The molecule has 1 amide bonds. The minimum atomic E-state index is -3.60. The lowest BCUT2D eigenvalue weighted by atomic mass is 9.88. The van der Waals surface area contributed by atoms with E-state index in [0.717, 1.165) is 36.0 Å². The van der Waals surface area contributed by atoms with Crippen molar-refractivity contribution in [2.24, 2.45) is 0 Å². The van der Waals surface area contributed by atoms with E-state index in [0.29, 0.717) is 37.0 Å². The zero-order valence-electron chi connectivity index (χ0n) is 21.2. The summed E-state index contributed by atoms with van der Waals surface area (Å²) in [5.74, 6) is 0.366. The highest BCUT2D eigenvalue weighted by Crippen LogP contribution is 2.35. The van der Waals surface area contributed by atoms with E-state index in [4.69, 9.17) is 0 Å². The fourth-order valence-electron chi connectivity index (χ4n) is 4.68. The van der Waals surface area contributed by atoms with Crippen molar-refractivity contribution < 1.29 is 18.3 Å². The molecule has 1 fully saturated rings. The Kier molecular flexibility index (Phi) is 8.45. The third-order valence-corrected chi connectivity index (χ3v) is 10.7. The molecule has 1 heterocycles. The van der Waals surface area contributed by atoms with Crippen LogP contribution in [-0.2, 0) is 16.3 Å². The number of nitrogens with zero attached hydrogens (tertiary/aromatic N) is 2. The lowest BCUT2D eigenvalue weighted by molar-refractivity contribution is 0.132. The number of likely N-dealkylation sites (tertiary alicyclic amines) is 1. The summed E-state index contributed by atoms with van der Waals surface area (Å²) >= 11 is 0. The van der Waals surface area contributed by atoms with Crippen molar-refractivity contribution in [2.45, 2.75) is 69.1 Å². The van der Waals surface area contributed by atoms with E-state index in [1.807, 2.05) is 43.3 Å². The second-order valence-corrected chi connectivity index (χ2v) is 18.3. The van der Waals surface area contributed by atoms with Gasteiger partial charge >= 0.3 is 6.09 Å². The molecule has 1 N–H and O–H groups in total. The Labute approximate surface area is 210 Å². The first-order chi connectivity index (χ1) is 16.5. The van der Waals surface area contributed by atoms with E-state index in [9.17, 15) is 23.6 Å². The number of hydrogen-bond acceptors (Lipinski definition) is 4. The number of hydrogen-bond donors (Lipinski definition) is 1. The molecule has 3 rings (SSSR count). The van der Waals surface area contributed by atoms with Crippen molar-refractivity contribution in [2.75, 3.05) is 18.8 Å². The average Bonchev–Trinajstić information content (AvgIpc) is 2.82. The van der Waals surface area contributed by atoms with Crippen molar-refractivity contribution in [3.63, 3.8) is 0 Å². The van der Waals surface area contributed by atoms with Crippen LogP contribution in [0.4, 0.5) is 4.79 Å². The molecule has 0 saturated carbocycles. The lowest BCUT2D eigenvalue weighted by Gasteiger charge is -2.30. The Hall–Kier alpha value is -2.63. The summed E-state index contributed by atoms with van der Waals surface area (Å²) < 4.78 is 27.0. The van der Waals surface area contributed by atoms with Crippen LogP contribution >= 0.6 is 0 Å². The highest BCUT2D eigenvalue weighted by Gasteiger charge is 2.28. The van der Waals surface area contributed by atoms with Gasteiger partial charge in [-0.1, -0.05) is 69.4 Å². The van der Waals surface area contributed by atoms with Crippen molar-refractivity contribution >= 4 is 24.0 Å². The highest BCUT2D eigenvalue weighted by atomic mass is 32.2. The Morgan fingerprint density at radius 3 is 2.26 bits per heavy atom. The number of aryl methyl sites for hydroxylation is 1. The molecule has 0 aliphatic carbocycles. The number of benzene rings is 2. The van der Waals surface area contributed by atoms with Gasteiger partial charge in [-0.2, -0.15) is 5.26 Å². The van der Waals surface area contributed by atoms with Gasteiger partial charge < -0.3 is 10.0 Å². The van der Waals surface area contributed by atoms with E-state index < -0.39 is 24.0 Å². The molecule has 0 spiro atoms. The largest absolute Gasteiger partial charge is 0.465 e. The zero-order valence-corrected chi connectivity index (χ0v) is 23.0. The minimum Gasteiger partial charge on any atom is -0.465 e. The molecule has 1 aliphatic heterocycles. The molecular weight excluding hydrogens is 476 g/mol. The summed E-state index contributed by atoms with van der Waals surface area (Å²) in [6.07, 6.45) is 2.10. The first-order valence-electron chi connectivity index (χ1n) is 12.3. The van der Waals surface area contributed by atoms with Crippen LogP contribution in [-0.4, -0.2) is 51.4 Å². The smallest absolute Gasteiger partial charge is 0.407 e. The first-order valence-corrected chi connectivity index (χ1v) is 17.7. The summed E-state index contributed by atoms with van der Waals surface area (Å²) in [5.41, 5.74) is 3.58. The lowest BCUT2D eigenvalue weighted by Crippen LogP contribution is -2.36. The van der Waals surface area contributed by atoms with Crippen LogP contribution in [0.3, 0.4) is 0 Å². The standard InChI is InChI=1S/C27H36N2O4SSi/c1-5-6-23-11-12-24(25(19-28)26(23)34(32,33)17-18-35(2,3)4)22-9-7-20(8-10-22)21-13-15-29(16-14-21)27(30)31/h7-12,21H,5-6,13-18H2,1-4H3,(H,30,31). The Morgan fingerprint density at radius 2 is 1.74 bits per heavy atom. The molecule has 0 bridgehead atoms. The molecule has 0 unspecified atom stereocenters. The minimum absolute atomic E-state index is 0.0749. The number of amides is 1. The number of sulfone groups is 1. The maximum atomic E-state index is 13.5. The summed E-state index contributed by atoms with van der Waals surface area (Å²) in [4.78, 5) is 12.8. The topological polar surface area (TPSA) is 98.5 Å². The Balaban J connectivity index is 1.96. The van der Waals surface area contributed by atoms with Gasteiger partial charge in [0.2, 0.25) is 0 Å². The maximum Gasteiger partial charge on any atom is 0.407 e. The number of carboxylic acid groups (broad SMARTS) is 1. The average molecular weight is 513 g/mol. The van der Waals surface area contributed by atoms with Gasteiger partial charge in [-0.05, 0) is 47.9 Å². The molecule has 2 aromatic rings. The van der Waals surface area contributed by atoms with Gasteiger partial charge in [0, 0.05) is 26.7 Å². The van der Waals surface area contributed by atoms with Crippen LogP contribution in [0, 0.1) is 11.3 Å². The van der Waals surface area contributed by atoms with Crippen LogP contribution in [0.2, 0.25) is 25.7 Å². The number of carbonyl (C=O) groups is 1. The van der Waals surface area contributed by atoms with Gasteiger partial charge in [0.25, 0.3) is 0 Å². The van der Waals surface area contributed by atoms with Gasteiger partial charge in [-0.15, -0.1) is 0 Å². The van der Waals surface area contributed by atoms with E-state index in [2.05, 4.69) is 25.7 Å². The Bertz CT molecular complexity index is 1200. The maximum absolute atomic E-state index is 13.5. The molecule has 1 saturated heterocycles. The second-order valence-electron chi connectivity index (χ2n) is 10.6. The van der Waals surface area contributed by atoms with Gasteiger partial charge in [0.15, 0.2) is 9.84 Å². The monoisotopic (exact) mass is 512 g/mol. The molecule has 8 heteroatoms. The molecule has 0 aromatic heterocycles. The van der Waals surface area contributed by atoms with Gasteiger partial charge in [0.1, 0.15) is 6.07 Å². The van der Waals surface area contributed by atoms with Crippen LogP contribution < -0.4 is 0 Å². The van der Waals surface area contributed by atoms with Crippen LogP contribution in [0.5, 0.6) is 0 Å². The Morgan fingerprint density at radius 1 is 1.11 bits per heavy atom. The number of rotatable bonds is 8. The van der Waals surface area contributed by atoms with Crippen molar-refractivity contribution in [3.05, 3.63) is 53.1 Å². The molecule has 35 heavy (non-hydrogen) atoms. The van der Waals surface area contributed by atoms with E-state index in [1.54, 1.807) is 0 Å². The molecule has 0 atom stereocenters. The number of piperidine rings is 1. The fourth-order valence-corrected chi connectivity index (χ4v) is 9.45. The summed E-state index contributed by atoms with van der Waals surface area (Å²) in [7, 11) is -5.17. The molecular formula is C27H36N2O4SSi. The fraction of sp³-hybridized carbons (Fsp3) is 0.481. The third-order valence-electron chi connectivity index (χ3n) is 6.76. The summed E-state index contributed by atoms with van der Waals surface area (Å²) in [6, 6.07) is 14.6. The SMILES string of the molecule is CCCc1ccc(-c2ccc(C3CCN(C(=O)O)CC3)cc2)c(C#N)c1S(=O)(=O)CC[Si](C)(C)C. The molecule has 0 radical (unpaired) electrons. The van der Waals surface area contributed by atoms with Gasteiger partial charge in [0.05, 0.1) is 16.2 Å². The van der Waals surface area contributed by atoms with E-state index >= 15 is 0 Å². The van der Waals surface area contributed by atoms with Gasteiger partial charge in [-0.25, -0.2) is 13.2 Å². The predicted octanol–water partition coefficient (Wildman–Crippen LogP) is 6.15. The van der Waals surface area contributed by atoms with Crippen molar-refractivity contribution in [1.29, 1.82) is 5.26 Å². The van der Waals surface area contributed by atoms with Crippen LogP contribution in [0.25, 0.3) is 11.1 Å².